The summed E-state index contributed by atoms with van der Waals surface area (Å²) >= 11 is 0. The molecule has 1 aliphatic carbocycles. The second-order valence-corrected chi connectivity index (χ2v) is 11.6. The molecule has 2 fully saturated rings. The molecule has 1 aromatic rings. The lowest BCUT2D eigenvalue weighted by Gasteiger charge is -2.35. The third-order valence-corrected chi connectivity index (χ3v) is 8.04. The lowest BCUT2D eigenvalue weighted by atomic mass is 9.86. The second-order valence-electron chi connectivity index (χ2n) is 9.30. The topological polar surface area (TPSA) is 105 Å². The molecule has 2 atom stereocenters. The van der Waals surface area contributed by atoms with E-state index < -0.39 is 15.3 Å². The van der Waals surface area contributed by atoms with Crippen LogP contribution in [0.3, 0.4) is 0 Å². The summed E-state index contributed by atoms with van der Waals surface area (Å²) in [5, 5.41) is 2.47. The van der Waals surface area contributed by atoms with Gasteiger partial charge in [-0.3, -0.25) is 9.59 Å². The normalized spacial score (nSPS) is 26.7. The van der Waals surface area contributed by atoms with Crippen LogP contribution in [0.15, 0.2) is 24.3 Å². The van der Waals surface area contributed by atoms with E-state index in [1.165, 1.54) is 0 Å². The maximum Gasteiger partial charge on any atom is 0.254 e. The first kappa shape index (κ1) is 24.7. The van der Waals surface area contributed by atoms with E-state index in [-0.39, 0.29) is 36.0 Å². The van der Waals surface area contributed by atoms with Crippen LogP contribution in [-0.2, 0) is 19.6 Å². The lowest BCUT2D eigenvalue weighted by molar-refractivity contribution is -0.120. The number of benzene rings is 1. The summed E-state index contributed by atoms with van der Waals surface area (Å²) in [6, 6.07) is 6.91. The summed E-state index contributed by atoms with van der Waals surface area (Å²) < 4.78 is 32.6. The van der Waals surface area contributed by atoms with Crippen LogP contribution in [-0.4, -0.2) is 61.7 Å². The zero-order valence-electron chi connectivity index (χ0n) is 19.3. The molecule has 1 aromatic carbocycles. The number of carbonyl (C=O) groups excluding carboxylic acids is 2. The summed E-state index contributed by atoms with van der Waals surface area (Å²) in [5.74, 6) is -0.329. The molecule has 0 bridgehead atoms. The van der Waals surface area contributed by atoms with Crippen LogP contribution < -0.4 is 10.0 Å². The summed E-state index contributed by atoms with van der Waals surface area (Å²) in [6.45, 7) is 8.30. The number of carbonyl (C=O) groups is 2. The Hall–Kier alpha value is -1.97. The van der Waals surface area contributed by atoms with Crippen LogP contribution in [0.25, 0.3) is 0 Å². The third-order valence-electron chi connectivity index (χ3n) is 6.13. The van der Waals surface area contributed by atoms with Crippen LogP contribution >= 0.6 is 0 Å². The Balaban J connectivity index is 1.56. The summed E-state index contributed by atoms with van der Waals surface area (Å²) in [5.41, 5.74) is 1.13. The van der Waals surface area contributed by atoms with E-state index >= 15 is 0 Å². The SMILES string of the molecule is CC1CN(C(=O)c2cccc(NC(=O)C3CCC(NS(=O)(=O)C(C)C)CC3)c2)C[C@@H](C)O1. The first-order chi connectivity index (χ1) is 15.0. The highest BCUT2D eigenvalue weighted by Gasteiger charge is 2.30. The first-order valence-electron chi connectivity index (χ1n) is 11.4. The molecule has 9 heteroatoms. The molecule has 1 saturated carbocycles. The van der Waals surface area contributed by atoms with Gasteiger partial charge in [-0.05, 0) is 71.6 Å². The van der Waals surface area contributed by atoms with Crippen molar-refractivity contribution < 1.29 is 22.7 Å². The molecular formula is C23H35N3O5S. The van der Waals surface area contributed by atoms with E-state index in [0.717, 1.165) is 0 Å². The Bertz CT molecular complexity index is 915. The molecule has 1 aliphatic heterocycles. The monoisotopic (exact) mass is 465 g/mol. The minimum atomic E-state index is -3.31. The molecule has 32 heavy (non-hydrogen) atoms. The van der Waals surface area contributed by atoms with E-state index in [1.807, 2.05) is 13.8 Å². The Morgan fingerprint density at radius 2 is 1.69 bits per heavy atom. The number of ether oxygens (including phenoxy) is 1. The van der Waals surface area contributed by atoms with Crippen molar-refractivity contribution in [2.24, 2.45) is 5.92 Å². The highest BCUT2D eigenvalue weighted by atomic mass is 32.2. The van der Waals surface area contributed by atoms with E-state index in [2.05, 4.69) is 10.0 Å². The Morgan fingerprint density at radius 3 is 2.28 bits per heavy atom. The van der Waals surface area contributed by atoms with Crippen molar-refractivity contribution in [3.8, 4) is 0 Å². The van der Waals surface area contributed by atoms with E-state index in [9.17, 15) is 18.0 Å². The van der Waals surface area contributed by atoms with Gasteiger partial charge in [-0.2, -0.15) is 0 Å². The van der Waals surface area contributed by atoms with Gasteiger partial charge in [0.15, 0.2) is 0 Å². The number of hydrogen-bond donors (Lipinski definition) is 2. The van der Waals surface area contributed by atoms with Crippen molar-refractivity contribution in [3.05, 3.63) is 29.8 Å². The molecule has 2 N–H and O–H groups in total. The number of nitrogens with zero attached hydrogens (tertiary/aromatic N) is 1. The second kappa shape index (κ2) is 10.3. The largest absolute Gasteiger partial charge is 0.372 e. The highest BCUT2D eigenvalue weighted by molar-refractivity contribution is 7.90. The standard InChI is InChI=1S/C23H35N3O5S/c1-15(2)32(29,30)25-20-10-8-18(9-11-20)22(27)24-21-7-5-6-19(12-21)23(28)26-13-16(3)31-17(4)14-26/h5-7,12,15-18,20,25H,8-11,13-14H2,1-4H3,(H,24,27)/t16-,17?,18?,20?/m1/s1. The smallest absolute Gasteiger partial charge is 0.254 e. The molecular weight excluding hydrogens is 430 g/mol. The van der Waals surface area contributed by atoms with Gasteiger partial charge >= 0.3 is 0 Å². The van der Waals surface area contributed by atoms with E-state index in [4.69, 9.17) is 4.74 Å². The number of sulfonamides is 1. The lowest BCUT2D eigenvalue weighted by Crippen LogP contribution is -2.48. The van der Waals surface area contributed by atoms with E-state index in [0.29, 0.717) is 50.0 Å². The molecule has 1 saturated heterocycles. The fourth-order valence-corrected chi connectivity index (χ4v) is 5.31. The Kier molecular flexibility index (Phi) is 7.95. The van der Waals surface area contributed by atoms with Gasteiger partial charge in [0.25, 0.3) is 5.91 Å². The van der Waals surface area contributed by atoms with Gasteiger partial charge in [0, 0.05) is 36.3 Å². The predicted octanol–water partition coefficient (Wildman–Crippen LogP) is 2.76. The first-order valence-corrected chi connectivity index (χ1v) is 13.0. The number of morpholine rings is 1. The molecule has 2 amide bonds. The Morgan fingerprint density at radius 1 is 1.06 bits per heavy atom. The van der Waals surface area contributed by atoms with Crippen LogP contribution in [0.4, 0.5) is 5.69 Å². The summed E-state index contributed by atoms with van der Waals surface area (Å²) in [7, 11) is -3.31. The average molecular weight is 466 g/mol. The van der Waals surface area contributed by atoms with Gasteiger partial charge < -0.3 is 15.0 Å². The average Bonchev–Trinajstić information content (AvgIpc) is 2.72. The minimum Gasteiger partial charge on any atom is -0.372 e. The fourth-order valence-electron chi connectivity index (χ4n) is 4.34. The van der Waals surface area contributed by atoms with Crippen molar-refractivity contribution in [1.82, 2.24) is 9.62 Å². The molecule has 3 rings (SSSR count). The number of hydrogen-bond acceptors (Lipinski definition) is 5. The van der Waals surface area contributed by atoms with E-state index in [1.54, 1.807) is 43.0 Å². The zero-order chi connectivity index (χ0) is 23.5. The van der Waals surface area contributed by atoms with Gasteiger partial charge in [-0.25, -0.2) is 13.1 Å². The van der Waals surface area contributed by atoms with Crippen molar-refractivity contribution in [3.63, 3.8) is 0 Å². The van der Waals surface area contributed by atoms with Crippen LogP contribution in [0.1, 0.15) is 63.7 Å². The molecule has 2 aliphatic rings. The van der Waals surface area contributed by atoms with Gasteiger partial charge in [-0.15, -0.1) is 0 Å². The maximum absolute atomic E-state index is 12.9. The van der Waals surface area contributed by atoms with Gasteiger partial charge in [0.05, 0.1) is 17.5 Å². The molecule has 0 radical (unpaired) electrons. The van der Waals surface area contributed by atoms with Gasteiger partial charge in [0.2, 0.25) is 15.9 Å². The molecule has 0 spiro atoms. The summed E-state index contributed by atoms with van der Waals surface area (Å²) in [6.07, 6.45) is 2.50. The number of nitrogens with one attached hydrogen (secondary N) is 2. The molecule has 0 aromatic heterocycles. The number of rotatable bonds is 6. The van der Waals surface area contributed by atoms with Crippen molar-refractivity contribution in [2.45, 2.75) is 76.9 Å². The van der Waals surface area contributed by atoms with Crippen LogP contribution in [0.2, 0.25) is 0 Å². The molecule has 1 unspecified atom stereocenters. The zero-order valence-corrected chi connectivity index (χ0v) is 20.2. The number of amides is 2. The molecule has 178 valence electrons. The van der Waals surface area contributed by atoms with Gasteiger partial charge in [0.1, 0.15) is 0 Å². The van der Waals surface area contributed by atoms with Crippen LogP contribution in [0, 0.1) is 5.92 Å². The molecule has 8 nitrogen and oxygen atoms in total. The Labute approximate surface area is 191 Å². The quantitative estimate of drug-likeness (QED) is 0.672. The maximum atomic E-state index is 12.9. The predicted molar refractivity (Wildman–Crippen MR) is 124 cm³/mol. The van der Waals surface area contributed by atoms with Crippen LogP contribution in [0.5, 0.6) is 0 Å². The minimum absolute atomic E-state index is 0.00858. The third kappa shape index (κ3) is 6.30. The van der Waals surface area contributed by atoms with Crippen molar-refractivity contribution in [1.29, 1.82) is 0 Å². The van der Waals surface area contributed by atoms with Crippen molar-refractivity contribution in [2.75, 3.05) is 18.4 Å². The highest BCUT2D eigenvalue weighted by Crippen LogP contribution is 2.27. The van der Waals surface area contributed by atoms with Gasteiger partial charge in [-0.1, -0.05) is 6.07 Å². The van der Waals surface area contributed by atoms with Crippen molar-refractivity contribution >= 4 is 27.5 Å². The summed E-state index contributed by atoms with van der Waals surface area (Å²) in [4.78, 5) is 27.5. The molecule has 1 heterocycles. The fraction of sp³-hybridized carbons (Fsp3) is 0.652. The number of anilines is 1.